The summed E-state index contributed by atoms with van der Waals surface area (Å²) in [7, 11) is 1.63. The Hall–Kier alpha value is -2.04. The molecule has 0 heterocycles. The van der Waals surface area contributed by atoms with Gasteiger partial charge in [-0.25, -0.2) is 0 Å². The Morgan fingerprint density at radius 1 is 1.04 bits per heavy atom. The summed E-state index contributed by atoms with van der Waals surface area (Å²) in [6, 6.07) is 7.72. The highest BCUT2D eigenvalue weighted by Gasteiger charge is 2.35. The van der Waals surface area contributed by atoms with Gasteiger partial charge in [-0.1, -0.05) is 26.0 Å². The average Bonchev–Trinajstić information content (AvgIpc) is 2.54. The Labute approximate surface area is 145 Å². The third kappa shape index (κ3) is 6.22. The van der Waals surface area contributed by atoms with Crippen molar-refractivity contribution in [2.45, 2.75) is 40.5 Å². The van der Waals surface area contributed by atoms with Crippen molar-refractivity contribution in [1.29, 1.82) is 0 Å². The second-order valence-corrected chi connectivity index (χ2v) is 6.92. The minimum Gasteiger partial charge on any atom is -0.497 e. The Kier molecular flexibility index (Phi) is 7.75. The molecule has 0 fully saturated rings. The zero-order valence-corrected chi connectivity index (χ0v) is 15.4. The zero-order valence-electron chi connectivity index (χ0n) is 15.4. The van der Waals surface area contributed by atoms with Crippen LogP contribution in [0.2, 0.25) is 0 Å². The van der Waals surface area contributed by atoms with Crippen LogP contribution in [0.25, 0.3) is 0 Å². The smallest absolute Gasteiger partial charge is 0.235 e. The molecule has 1 aromatic carbocycles. The number of hydrogen-bond acceptors (Lipinski definition) is 3. The zero-order chi connectivity index (χ0) is 18.2. The highest BCUT2D eigenvalue weighted by atomic mass is 16.5. The van der Waals surface area contributed by atoms with Crippen molar-refractivity contribution in [3.63, 3.8) is 0 Å². The fourth-order valence-electron chi connectivity index (χ4n) is 2.13. The Balaban J connectivity index is 2.42. The number of hydrogen-bond donors (Lipinski definition) is 2. The largest absolute Gasteiger partial charge is 0.497 e. The van der Waals surface area contributed by atoms with Gasteiger partial charge in [-0.15, -0.1) is 0 Å². The summed E-state index contributed by atoms with van der Waals surface area (Å²) in [5.41, 5.74) is 0.0342. The SMILES string of the molecule is COc1ccc(CCNC(=O)C(C)(C)C(=O)NCCC(C)C)cc1. The third-order valence-corrected chi connectivity index (χ3v) is 4.00. The van der Waals surface area contributed by atoms with Crippen molar-refractivity contribution in [2.75, 3.05) is 20.2 Å². The van der Waals surface area contributed by atoms with Crippen LogP contribution in [0.15, 0.2) is 24.3 Å². The number of carbonyl (C=O) groups is 2. The second-order valence-electron chi connectivity index (χ2n) is 6.92. The lowest BCUT2D eigenvalue weighted by molar-refractivity contribution is -0.141. The van der Waals surface area contributed by atoms with Gasteiger partial charge in [-0.05, 0) is 50.3 Å². The maximum atomic E-state index is 12.3. The lowest BCUT2D eigenvalue weighted by atomic mass is 9.91. The number of benzene rings is 1. The van der Waals surface area contributed by atoms with Crippen LogP contribution in [0.4, 0.5) is 0 Å². The van der Waals surface area contributed by atoms with Crippen molar-refractivity contribution in [3.8, 4) is 5.75 Å². The van der Waals surface area contributed by atoms with E-state index in [4.69, 9.17) is 4.74 Å². The van der Waals surface area contributed by atoms with Crippen molar-refractivity contribution in [2.24, 2.45) is 11.3 Å². The second kappa shape index (κ2) is 9.30. The lowest BCUT2D eigenvalue weighted by Crippen LogP contribution is -2.48. The van der Waals surface area contributed by atoms with Crippen molar-refractivity contribution in [1.82, 2.24) is 10.6 Å². The predicted octanol–water partition coefficient (Wildman–Crippen LogP) is 2.54. The van der Waals surface area contributed by atoms with Gasteiger partial charge in [-0.3, -0.25) is 9.59 Å². The molecule has 1 aromatic rings. The van der Waals surface area contributed by atoms with Crippen LogP contribution in [0.3, 0.4) is 0 Å². The molecule has 0 saturated heterocycles. The van der Waals surface area contributed by atoms with Crippen LogP contribution < -0.4 is 15.4 Å². The number of methoxy groups -OCH3 is 1. The van der Waals surface area contributed by atoms with Crippen molar-refractivity contribution >= 4 is 11.8 Å². The lowest BCUT2D eigenvalue weighted by Gasteiger charge is -2.23. The van der Waals surface area contributed by atoms with Crippen LogP contribution in [0, 0.1) is 11.3 Å². The van der Waals surface area contributed by atoms with E-state index in [1.807, 2.05) is 24.3 Å². The van der Waals surface area contributed by atoms with Crippen LogP contribution in [-0.4, -0.2) is 32.0 Å². The van der Waals surface area contributed by atoms with E-state index in [0.717, 1.165) is 17.7 Å². The molecule has 5 nitrogen and oxygen atoms in total. The van der Waals surface area contributed by atoms with E-state index in [0.29, 0.717) is 25.4 Å². The quantitative estimate of drug-likeness (QED) is 0.682. The van der Waals surface area contributed by atoms with Gasteiger partial charge in [0.15, 0.2) is 0 Å². The van der Waals surface area contributed by atoms with Gasteiger partial charge in [0.1, 0.15) is 11.2 Å². The van der Waals surface area contributed by atoms with E-state index in [1.165, 1.54) is 0 Å². The molecule has 5 heteroatoms. The normalized spacial score (nSPS) is 11.2. The van der Waals surface area contributed by atoms with E-state index < -0.39 is 5.41 Å². The van der Waals surface area contributed by atoms with Crippen molar-refractivity contribution in [3.05, 3.63) is 29.8 Å². The van der Waals surface area contributed by atoms with Crippen LogP contribution in [0.5, 0.6) is 5.75 Å². The average molecular weight is 334 g/mol. The fraction of sp³-hybridized carbons (Fsp3) is 0.579. The predicted molar refractivity (Wildman–Crippen MR) is 96.0 cm³/mol. The minimum atomic E-state index is -1.07. The number of nitrogens with one attached hydrogen (secondary N) is 2. The number of amides is 2. The van der Waals surface area contributed by atoms with Gasteiger partial charge in [0.05, 0.1) is 7.11 Å². The summed E-state index contributed by atoms with van der Waals surface area (Å²) in [6.45, 7) is 8.60. The number of carbonyl (C=O) groups excluding carboxylic acids is 2. The molecule has 2 amide bonds. The molecule has 0 aliphatic rings. The molecule has 0 unspecified atom stereocenters. The molecule has 0 aromatic heterocycles. The van der Waals surface area contributed by atoms with Crippen LogP contribution >= 0.6 is 0 Å². The topological polar surface area (TPSA) is 67.4 Å². The van der Waals surface area contributed by atoms with E-state index in [1.54, 1.807) is 21.0 Å². The summed E-state index contributed by atoms with van der Waals surface area (Å²) in [5, 5.41) is 5.69. The van der Waals surface area contributed by atoms with E-state index in [2.05, 4.69) is 24.5 Å². The summed E-state index contributed by atoms with van der Waals surface area (Å²) in [4.78, 5) is 24.5. The molecule has 0 radical (unpaired) electrons. The highest BCUT2D eigenvalue weighted by Crippen LogP contribution is 2.16. The Bertz CT molecular complexity index is 536. The summed E-state index contributed by atoms with van der Waals surface area (Å²) in [6.07, 6.45) is 1.61. The molecule has 24 heavy (non-hydrogen) atoms. The van der Waals surface area contributed by atoms with E-state index >= 15 is 0 Å². The highest BCUT2D eigenvalue weighted by molar-refractivity contribution is 6.04. The molecule has 1 rings (SSSR count). The molecule has 134 valence electrons. The molecule has 0 aliphatic heterocycles. The van der Waals surface area contributed by atoms with Gasteiger partial charge in [-0.2, -0.15) is 0 Å². The number of rotatable bonds is 9. The molecule has 0 saturated carbocycles. The first-order valence-electron chi connectivity index (χ1n) is 8.47. The molecule has 2 N–H and O–H groups in total. The molecule has 0 aliphatic carbocycles. The fourth-order valence-corrected chi connectivity index (χ4v) is 2.13. The molecular weight excluding hydrogens is 304 g/mol. The minimum absolute atomic E-state index is 0.231. The summed E-state index contributed by atoms with van der Waals surface area (Å²) in [5.74, 6) is 0.844. The number of ether oxygens (including phenoxy) is 1. The molecular formula is C19H30N2O3. The van der Waals surface area contributed by atoms with Gasteiger partial charge in [0.2, 0.25) is 11.8 Å². The van der Waals surface area contributed by atoms with Gasteiger partial charge < -0.3 is 15.4 Å². The summed E-state index contributed by atoms with van der Waals surface area (Å²) >= 11 is 0. The first kappa shape index (κ1) is 20.0. The molecule has 0 bridgehead atoms. The van der Waals surface area contributed by atoms with Gasteiger partial charge in [0, 0.05) is 13.1 Å². The third-order valence-electron chi connectivity index (χ3n) is 4.00. The maximum Gasteiger partial charge on any atom is 0.235 e. The van der Waals surface area contributed by atoms with Gasteiger partial charge >= 0.3 is 0 Å². The van der Waals surface area contributed by atoms with Gasteiger partial charge in [0.25, 0.3) is 0 Å². The first-order valence-corrected chi connectivity index (χ1v) is 8.47. The van der Waals surface area contributed by atoms with Crippen LogP contribution in [-0.2, 0) is 16.0 Å². The standard InChI is InChI=1S/C19H30N2O3/c1-14(2)10-12-20-17(22)19(3,4)18(23)21-13-11-15-6-8-16(24-5)9-7-15/h6-9,14H,10-13H2,1-5H3,(H,20,22)(H,21,23). The maximum absolute atomic E-state index is 12.3. The Morgan fingerprint density at radius 2 is 1.58 bits per heavy atom. The summed E-state index contributed by atoms with van der Waals surface area (Å²) < 4.78 is 5.12. The molecule has 0 atom stereocenters. The monoisotopic (exact) mass is 334 g/mol. The van der Waals surface area contributed by atoms with Crippen molar-refractivity contribution < 1.29 is 14.3 Å². The van der Waals surface area contributed by atoms with E-state index in [9.17, 15) is 9.59 Å². The molecule has 0 spiro atoms. The first-order chi connectivity index (χ1) is 11.3. The Morgan fingerprint density at radius 3 is 2.08 bits per heavy atom. The van der Waals surface area contributed by atoms with E-state index in [-0.39, 0.29) is 11.8 Å². The van der Waals surface area contributed by atoms with Crippen LogP contribution in [0.1, 0.15) is 39.7 Å².